The third kappa shape index (κ3) is 2.46. The van der Waals surface area contributed by atoms with Gasteiger partial charge in [0.1, 0.15) is 11.6 Å². The average Bonchev–Trinajstić information content (AvgIpc) is 2.70. The summed E-state index contributed by atoms with van der Waals surface area (Å²) in [5.74, 6) is -1.18. The van der Waals surface area contributed by atoms with Crippen molar-refractivity contribution in [2.45, 2.75) is 0 Å². The molecule has 0 saturated heterocycles. The topological polar surface area (TPSA) is 64.3 Å². The normalized spacial score (nSPS) is 10.5. The lowest BCUT2D eigenvalue weighted by Crippen LogP contribution is -2.00. The van der Waals surface area contributed by atoms with E-state index in [1.807, 2.05) is 0 Å². The van der Waals surface area contributed by atoms with Crippen molar-refractivity contribution in [1.29, 1.82) is 0 Å². The second-order valence-corrected chi connectivity index (χ2v) is 4.67. The van der Waals surface area contributed by atoms with Crippen LogP contribution in [0.4, 0.5) is 4.39 Å². The number of aromatic carboxylic acids is 1. The van der Waals surface area contributed by atoms with Crippen molar-refractivity contribution in [3.05, 3.63) is 34.2 Å². The number of carboxylic acids is 1. The Kier molecular flexibility index (Phi) is 3.57. The fourth-order valence-corrected chi connectivity index (χ4v) is 2.38. The number of aryl methyl sites for hydroxylation is 1. The van der Waals surface area contributed by atoms with Gasteiger partial charge in [-0.3, -0.25) is 4.68 Å². The molecule has 0 bridgehead atoms. The van der Waals surface area contributed by atoms with Gasteiger partial charge in [-0.05, 0) is 34.1 Å². The number of halogens is 2. The number of hydrogen-bond donors (Lipinski definition) is 1. The summed E-state index contributed by atoms with van der Waals surface area (Å²) in [6.45, 7) is 0. The van der Waals surface area contributed by atoms with E-state index in [2.05, 4.69) is 21.0 Å². The first-order valence-corrected chi connectivity index (χ1v) is 6.04. The van der Waals surface area contributed by atoms with Gasteiger partial charge < -0.3 is 9.84 Å². The molecule has 0 aliphatic rings. The molecule has 0 radical (unpaired) electrons. The minimum Gasteiger partial charge on any atom is -0.495 e. The standard InChI is InChI=1S/C12H10BrFN2O3/c1-16-10(5-9(15-16)12(17)18)7-3-6(14)4-8(13)11(7)19-2/h3-5H,1-2H3,(H,17,18). The molecule has 0 saturated carbocycles. The minimum atomic E-state index is -1.14. The second-order valence-electron chi connectivity index (χ2n) is 3.81. The van der Waals surface area contributed by atoms with Gasteiger partial charge in [-0.15, -0.1) is 0 Å². The third-order valence-corrected chi connectivity index (χ3v) is 3.18. The van der Waals surface area contributed by atoms with Crippen LogP contribution < -0.4 is 4.74 Å². The summed E-state index contributed by atoms with van der Waals surface area (Å²) < 4.78 is 20.5. The van der Waals surface area contributed by atoms with Crippen molar-refractivity contribution in [2.24, 2.45) is 7.05 Å². The zero-order valence-electron chi connectivity index (χ0n) is 10.1. The van der Waals surface area contributed by atoms with E-state index in [1.54, 1.807) is 7.05 Å². The van der Waals surface area contributed by atoms with Gasteiger partial charge in [-0.2, -0.15) is 5.10 Å². The molecule has 0 aliphatic carbocycles. The van der Waals surface area contributed by atoms with Crippen LogP contribution in [0.5, 0.6) is 5.75 Å². The predicted molar refractivity (Wildman–Crippen MR) is 69.8 cm³/mol. The fraction of sp³-hybridized carbons (Fsp3) is 0.167. The van der Waals surface area contributed by atoms with E-state index in [0.29, 0.717) is 21.5 Å². The van der Waals surface area contributed by atoms with E-state index in [9.17, 15) is 9.18 Å². The molecule has 1 heterocycles. The first-order chi connectivity index (χ1) is 8.93. The summed E-state index contributed by atoms with van der Waals surface area (Å²) in [6.07, 6.45) is 0. The van der Waals surface area contributed by atoms with Crippen LogP contribution in [-0.2, 0) is 7.05 Å². The third-order valence-electron chi connectivity index (χ3n) is 2.59. The number of hydrogen-bond acceptors (Lipinski definition) is 3. The van der Waals surface area contributed by atoms with Crippen LogP contribution in [-0.4, -0.2) is 28.0 Å². The molecule has 100 valence electrons. The van der Waals surface area contributed by atoms with Crippen LogP contribution in [0, 0.1) is 5.82 Å². The smallest absolute Gasteiger partial charge is 0.356 e. The fourth-order valence-electron chi connectivity index (χ4n) is 1.78. The number of ether oxygens (including phenoxy) is 1. The predicted octanol–water partition coefficient (Wildman–Crippen LogP) is 2.70. The molecule has 0 aliphatic heterocycles. The maximum Gasteiger partial charge on any atom is 0.356 e. The molecule has 0 fully saturated rings. The van der Waals surface area contributed by atoms with Crippen molar-refractivity contribution in [3.63, 3.8) is 0 Å². The SMILES string of the molecule is COc1c(Br)cc(F)cc1-c1cc(C(=O)O)nn1C. The molecule has 5 nitrogen and oxygen atoms in total. The van der Waals surface area contributed by atoms with Crippen LogP contribution in [0.25, 0.3) is 11.3 Å². The number of aromatic nitrogens is 2. The highest BCUT2D eigenvalue weighted by Crippen LogP contribution is 2.37. The van der Waals surface area contributed by atoms with E-state index in [-0.39, 0.29) is 5.69 Å². The molecule has 0 amide bonds. The van der Waals surface area contributed by atoms with Gasteiger partial charge in [0, 0.05) is 12.6 Å². The van der Waals surface area contributed by atoms with Crippen molar-refractivity contribution in [1.82, 2.24) is 9.78 Å². The molecule has 1 N–H and O–H groups in total. The Hall–Kier alpha value is -1.89. The number of carbonyl (C=O) groups is 1. The number of methoxy groups -OCH3 is 1. The van der Waals surface area contributed by atoms with E-state index in [1.165, 1.54) is 30.0 Å². The average molecular weight is 329 g/mol. The van der Waals surface area contributed by atoms with Crippen molar-refractivity contribution in [2.75, 3.05) is 7.11 Å². The summed E-state index contributed by atoms with van der Waals surface area (Å²) in [4.78, 5) is 10.9. The molecular weight excluding hydrogens is 319 g/mol. The van der Waals surface area contributed by atoms with E-state index in [4.69, 9.17) is 9.84 Å². The van der Waals surface area contributed by atoms with E-state index in [0.717, 1.165) is 0 Å². The van der Waals surface area contributed by atoms with E-state index >= 15 is 0 Å². The Labute approximate surface area is 116 Å². The lowest BCUT2D eigenvalue weighted by molar-refractivity contribution is 0.0689. The minimum absolute atomic E-state index is 0.111. The van der Waals surface area contributed by atoms with Gasteiger partial charge in [0.05, 0.1) is 17.3 Å². The number of carboxylic acid groups (broad SMARTS) is 1. The number of nitrogens with zero attached hydrogens (tertiary/aromatic N) is 2. The van der Waals surface area contributed by atoms with Crippen LogP contribution in [0.1, 0.15) is 10.5 Å². The Morgan fingerprint density at radius 2 is 2.16 bits per heavy atom. The zero-order valence-corrected chi connectivity index (χ0v) is 11.7. The van der Waals surface area contributed by atoms with Crippen LogP contribution in [0.15, 0.2) is 22.7 Å². The largest absolute Gasteiger partial charge is 0.495 e. The number of benzene rings is 1. The molecule has 0 atom stereocenters. The van der Waals surface area contributed by atoms with Gasteiger partial charge in [-0.1, -0.05) is 0 Å². The molecule has 1 aromatic carbocycles. The summed E-state index contributed by atoms with van der Waals surface area (Å²) in [6, 6.07) is 3.91. The monoisotopic (exact) mass is 328 g/mol. The second kappa shape index (κ2) is 5.00. The maximum absolute atomic E-state index is 13.5. The number of rotatable bonds is 3. The molecular formula is C12H10BrFN2O3. The highest BCUT2D eigenvalue weighted by molar-refractivity contribution is 9.10. The van der Waals surface area contributed by atoms with E-state index < -0.39 is 11.8 Å². The van der Waals surface area contributed by atoms with Crippen molar-refractivity contribution in [3.8, 4) is 17.0 Å². The quantitative estimate of drug-likeness (QED) is 0.940. The summed E-state index contributed by atoms with van der Waals surface area (Å²) >= 11 is 3.20. The van der Waals surface area contributed by atoms with Gasteiger partial charge >= 0.3 is 5.97 Å². The molecule has 0 unspecified atom stereocenters. The van der Waals surface area contributed by atoms with Gasteiger partial charge in [0.15, 0.2) is 5.69 Å². The van der Waals surface area contributed by atoms with Crippen LogP contribution >= 0.6 is 15.9 Å². The van der Waals surface area contributed by atoms with Crippen LogP contribution in [0.3, 0.4) is 0 Å². The maximum atomic E-state index is 13.5. The Morgan fingerprint density at radius 3 is 2.68 bits per heavy atom. The molecule has 7 heteroatoms. The summed E-state index contributed by atoms with van der Waals surface area (Å²) in [5, 5.41) is 12.8. The van der Waals surface area contributed by atoms with Crippen LogP contribution in [0.2, 0.25) is 0 Å². The molecule has 1 aromatic heterocycles. The highest BCUT2D eigenvalue weighted by atomic mass is 79.9. The Balaban J connectivity index is 2.67. The van der Waals surface area contributed by atoms with Crippen molar-refractivity contribution >= 4 is 21.9 Å². The van der Waals surface area contributed by atoms with Gasteiger partial charge in [0.2, 0.25) is 0 Å². The molecule has 0 spiro atoms. The Morgan fingerprint density at radius 1 is 1.47 bits per heavy atom. The van der Waals surface area contributed by atoms with Gasteiger partial charge in [-0.25, -0.2) is 9.18 Å². The summed E-state index contributed by atoms with van der Waals surface area (Å²) in [5.41, 5.74) is 0.770. The highest BCUT2D eigenvalue weighted by Gasteiger charge is 2.18. The first-order valence-electron chi connectivity index (χ1n) is 5.24. The first kappa shape index (κ1) is 13.5. The van der Waals surface area contributed by atoms with Gasteiger partial charge in [0.25, 0.3) is 0 Å². The molecule has 19 heavy (non-hydrogen) atoms. The lowest BCUT2D eigenvalue weighted by atomic mass is 10.1. The van der Waals surface area contributed by atoms with Crippen molar-refractivity contribution < 1.29 is 19.0 Å². The zero-order chi connectivity index (χ0) is 14.2. The summed E-state index contributed by atoms with van der Waals surface area (Å²) in [7, 11) is 3.04. The molecule has 2 rings (SSSR count). The Bertz CT molecular complexity index is 655. The molecule has 2 aromatic rings. The lowest BCUT2D eigenvalue weighted by Gasteiger charge is -2.10.